The van der Waals surface area contributed by atoms with Crippen LogP contribution in [0.2, 0.25) is 0 Å². The summed E-state index contributed by atoms with van der Waals surface area (Å²) in [5.41, 5.74) is 10.1. The topological polar surface area (TPSA) is 87.6 Å². The molecule has 0 unspecified atom stereocenters. The van der Waals surface area contributed by atoms with Gasteiger partial charge in [0.2, 0.25) is 0 Å². The van der Waals surface area contributed by atoms with Crippen LogP contribution in [0.15, 0.2) is 24.3 Å². The molecule has 0 fully saturated rings. The molecular weight excluding hydrogens is 250 g/mol. The van der Waals surface area contributed by atoms with E-state index in [4.69, 9.17) is 5.73 Å². The van der Waals surface area contributed by atoms with Crippen molar-refractivity contribution in [3.63, 3.8) is 0 Å². The van der Waals surface area contributed by atoms with E-state index in [1.807, 2.05) is 38.1 Å². The Morgan fingerprint density at radius 1 is 1.20 bits per heavy atom. The molecule has 1 aromatic carbocycles. The number of nitrogens with zero attached hydrogens (tertiary/aromatic N) is 3. The molecule has 2 aromatic rings. The molecule has 5 nitrogen and oxygen atoms in total. The molecule has 0 aliphatic carbocycles. The second-order valence-electron chi connectivity index (χ2n) is 4.57. The van der Waals surface area contributed by atoms with Gasteiger partial charge in [0.05, 0.1) is 5.69 Å². The van der Waals surface area contributed by atoms with Crippen molar-refractivity contribution >= 4 is 5.82 Å². The van der Waals surface area contributed by atoms with Gasteiger partial charge in [-0.3, -0.25) is 0 Å². The van der Waals surface area contributed by atoms with Crippen LogP contribution in [0.5, 0.6) is 0 Å². The number of hydrogen-bond acceptors (Lipinski definition) is 5. The number of rotatable bonds is 4. The predicted molar refractivity (Wildman–Crippen MR) is 77.9 cm³/mol. The van der Waals surface area contributed by atoms with Crippen molar-refractivity contribution in [3.8, 4) is 6.07 Å². The van der Waals surface area contributed by atoms with E-state index >= 15 is 0 Å². The molecule has 0 spiro atoms. The number of hydrogen-bond donors (Lipinski definition) is 2. The second-order valence-corrected chi connectivity index (χ2v) is 4.57. The monoisotopic (exact) mass is 267 g/mol. The van der Waals surface area contributed by atoms with Gasteiger partial charge in [0.15, 0.2) is 5.82 Å². The number of benzene rings is 1. The third kappa shape index (κ3) is 2.76. The van der Waals surface area contributed by atoms with Crippen molar-refractivity contribution in [1.29, 1.82) is 5.26 Å². The Balaban J connectivity index is 2.24. The first kappa shape index (κ1) is 14.0. The lowest BCUT2D eigenvalue weighted by atomic mass is 10.1. The largest absolute Gasteiger partial charge is 0.363 e. The average molecular weight is 267 g/mol. The molecule has 0 aliphatic rings. The summed E-state index contributed by atoms with van der Waals surface area (Å²) in [7, 11) is 0. The predicted octanol–water partition coefficient (Wildman–Crippen LogP) is 2.04. The number of nitrogens with one attached hydrogen (secondary N) is 1. The highest BCUT2D eigenvalue weighted by Crippen LogP contribution is 2.18. The van der Waals surface area contributed by atoms with Gasteiger partial charge in [-0.2, -0.15) is 10.4 Å². The lowest BCUT2D eigenvalue weighted by molar-refractivity contribution is 0.933. The summed E-state index contributed by atoms with van der Waals surface area (Å²) < 4.78 is 0. The van der Waals surface area contributed by atoms with Crippen LogP contribution in [-0.4, -0.2) is 10.2 Å². The summed E-state index contributed by atoms with van der Waals surface area (Å²) in [5, 5.41) is 20.5. The highest BCUT2D eigenvalue weighted by molar-refractivity contribution is 5.56. The second kappa shape index (κ2) is 6.13. The quantitative estimate of drug-likeness (QED) is 0.885. The van der Waals surface area contributed by atoms with Gasteiger partial charge in [0, 0.05) is 13.1 Å². The Hall–Kier alpha value is -2.45. The van der Waals surface area contributed by atoms with Gasteiger partial charge in [-0.05, 0) is 30.5 Å². The van der Waals surface area contributed by atoms with E-state index in [1.54, 1.807) is 0 Å². The molecule has 102 valence electrons. The molecule has 0 saturated heterocycles. The standard InChI is InChI=1S/C15H17N5/c1-10-11(2)19-20-15(14(10)8-17)18-9-13-6-4-3-5-12(13)7-16/h3-6H,7,9,16H2,1-2H3,(H,18,20). The highest BCUT2D eigenvalue weighted by Gasteiger charge is 2.10. The lowest BCUT2D eigenvalue weighted by Gasteiger charge is -2.11. The number of nitrogens with two attached hydrogens (primary N) is 1. The maximum atomic E-state index is 9.24. The molecule has 0 amide bonds. The lowest BCUT2D eigenvalue weighted by Crippen LogP contribution is -2.10. The Morgan fingerprint density at radius 3 is 2.55 bits per heavy atom. The maximum absolute atomic E-state index is 9.24. The number of aryl methyl sites for hydroxylation is 1. The number of nitriles is 1. The molecule has 0 atom stereocenters. The first-order valence-electron chi connectivity index (χ1n) is 6.42. The van der Waals surface area contributed by atoms with Gasteiger partial charge >= 0.3 is 0 Å². The summed E-state index contributed by atoms with van der Waals surface area (Å²) in [6, 6.07) is 10.1. The van der Waals surface area contributed by atoms with Gasteiger partial charge in [-0.1, -0.05) is 24.3 Å². The smallest absolute Gasteiger partial charge is 0.167 e. The minimum Gasteiger partial charge on any atom is -0.363 e. The van der Waals surface area contributed by atoms with Gasteiger partial charge in [-0.25, -0.2) is 0 Å². The van der Waals surface area contributed by atoms with Crippen molar-refractivity contribution in [2.45, 2.75) is 26.9 Å². The summed E-state index contributed by atoms with van der Waals surface area (Å²) in [4.78, 5) is 0. The highest BCUT2D eigenvalue weighted by atomic mass is 15.2. The third-order valence-electron chi connectivity index (χ3n) is 3.35. The summed E-state index contributed by atoms with van der Waals surface area (Å²) in [5.74, 6) is 0.516. The van der Waals surface area contributed by atoms with E-state index in [0.717, 1.165) is 22.4 Å². The molecule has 5 heteroatoms. The third-order valence-corrected chi connectivity index (χ3v) is 3.35. The van der Waals surface area contributed by atoms with Crippen LogP contribution < -0.4 is 11.1 Å². The van der Waals surface area contributed by atoms with Gasteiger partial charge in [-0.15, -0.1) is 5.10 Å². The van der Waals surface area contributed by atoms with Crippen LogP contribution in [0, 0.1) is 25.2 Å². The summed E-state index contributed by atoms with van der Waals surface area (Å²) >= 11 is 0. The van der Waals surface area contributed by atoms with Crippen LogP contribution >= 0.6 is 0 Å². The zero-order valence-electron chi connectivity index (χ0n) is 11.6. The molecule has 1 aromatic heterocycles. The Labute approximate surface area is 118 Å². The maximum Gasteiger partial charge on any atom is 0.167 e. The van der Waals surface area contributed by atoms with E-state index < -0.39 is 0 Å². The van der Waals surface area contributed by atoms with Crippen LogP contribution in [0.25, 0.3) is 0 Å². The molecule has 1 heterocycles. The fourth-order valence-electron chi connectivity index (χ4n) is 1.98. The zero-order valence-corrected chi connectivity index (χ0v) is 11.6. The normalized spacial score (nSPS) is 10.1. The fourth-order valence-corrected chi connectivity index (χ4v) is 1.98. The van der Waals surface area contributed by atoms with Gasteiger partial charge < -0.3 is 11.1 Å². The van der Waals surface area contributed by atoms with Crippen molar-refractivity contribution in [1.82, 2.24) is 10.2 Å². The molecule has 20 heavy (non-hydrogen) atoms. The molecule has 3 N–H and O–H groups in total. The van der Waals surface area contributed by atoms with Crippen molar-refractivity contribution < 1.29 is 0 Å². The van der Waals surface area contributed by atoms with Gasteiger partial charge in [0.25, 0.3) is 0 Å². The summed E-state index contributed by atoms with van der Waals surface area (Å²) in [6.45, 7) is 4.78. The fraction of sp³-hybridized carbons (Fsp3) is 0.267. The van der Waals surface area contributed by atoms with Crippen LogP contribution in [0.1, 0.15) is 27.9 Å². The summed E-state index contributed by atoms with van der Waals surface area (Å²) in [6.07, 6.45) is 0. The Morgan fingerprint density at radius 2 is 1.90 bits per heavy atom. The first-order valence-corrected chi connectivity index (χ1v) is 6.42. The molecule has 0 radical (unpaired) electrons. The molecule has 2 rings (SSSR count). The average Bonchev–Trinajstić information content (AvgIpc) is 2.48. The van der Waals surface area contributed by atoms with Crippen LogP contribution in [-0.2, 0) is 13.1 Å². The first-order chi connectivity index (χ1) is 9.67. The Kier molecular flexibility index (Phi) is 4.28. The molecular formula is C15H17N5. The van der Waals surface area contributed by atoms with Gasteiger partial charge in [0.1, 0.15) is 11.6 Å². The van der Waals surface area contributed by atoms with E-state index in [0.29, 0.717) is 24.5 Å². The minimum atomic E-state index is 0.488. The van der Waals surface area contributed by atoms with Crippen LogP contribution in [0.4, 0.5) is 5.82 Å². The number of anilines is 1. The van der Waals surface area contributed by atoms with Crippen molar-refractivity contribution in [3.05, 3.63) is 52.2 Å². The van der Waals surface area contributed by atoms with E-state index in [9.17, 15) is 5.26 Å². The SMILES string of the molecule is Cc1nnc(NCc2ccccc2CN)c(C#N)c1C. The molecule has 0 saturated carbocycles. The van der Waals surface area contributed by atoms with Crippen LogP contribution in [0.3, 0.4) is 0 Å². The molecule has 0 aliphatic heterocycles. The number of aromatic nitrogens is 2. The Bertz CT molecular complexity index is 658. The van der Waals surface area contributed by atoms with E-state index in [-0.39, 0.29) is 0 Å². The zero-order chi connectivity index (χ0) is 14.5. The minimum absolute atomic E-state index is 0.488. The van der Waals surface area contributed by atoms with Crippen molar-refractivity contribution in [2.75, 3.05) is 5.32 Å². The van der Waals surface area contributed by atoms with Crippen molar-refractivity contribution in [2.24, 2.45) is 5.73 Å². The van der Waals surface area contributed by atoms with E-state index in [2.05, 4.69) is 21.6 Å². The van der Waals surface area contributed by atoms with E-state index in [1.165, 1.54) is 0 Å². The molecule has 0 bridgehead atoms.